The summed E-state index contributed by atoms with van der Waals surface area (Å²) in [5.74, 6) is 0. The van der Waals surface area contributed by atoms with Crippen LogP contribution in [0.5, 0.6) is 0 Å². The predicted molar refractivity (Wildman–Crippen MR) is 24.6 cm³/mol. The van der Waals surface area contributed by atoms with Gasteiger partial charge in [0.2, 0.25) is 0 Å². The van der Waals surface area contributed by atoms with Gasteiger partial charge in [-0.1, -0.05) is 12.8 Å². The van der Waals surface area contributed by atoms with E-state index in [1.165, 1.54) is 12.8 Å². The van der Waals surface area contributed by atoms with Crippen LogP contribution in [0.3, 0.4) is 0 Å². The lowest BCUT2D eigenvalue weighted by atomic mass is 11.0. The van der Waals surface area contributed by atoms with Crippen molar-refractivity contribution < 1.29 is 0 Å². The molecule has 0 N–H and O–H groups in total. The first-order chi connectivity index (χ1) is 2.43. The van der Waals surface area contributed by atoms with Crippen LogP contribution >= 0.6 is 11.1 Å². The summed E-state index contributed by atoms with van der Waals surface area (Å²) in [6.07, 6.45) is 2.78. The highest BCUT2D eigenvalue weighted by atomic mass is 35.6. The smallest absolute Gasteiger partial charge is 0.171 e. The quantitative estimate of drug-likeness (QED) is 0.349. The van der Waals surface area contributed by atoms with E-state index < -0.39 is 0 Å². The molecule has 5 heavy (non-hydrogen) atoms. The average Bonchev–Trinajstić information content (AvgIpc) is 2.12. The van der Waals surface area contributed by atoms with Crippen molar-refractivity contribution in [2.75, 3.05) is 0 Å². The van der Waals surface area contributed by atoms with E-state index in [0.717, 1.165) is 5.54 Å². The molecule has 0 nitrogen and oxygen atoms in total. The second-order valence-corrected chi connectivity index (χ2v) is 3.07. The third-order valence-electron chi connectivity index (χ3n) is 0.732. The zero-order chi connectivity index (χ0) is 3.70. The molecule has 1 aliphatic rings. The minimum atomic E-state index is 0.698. The maximum atomic E-state index is 5.43. The Labute approximate surface area is 39.0 Å². The first kappa shape index (κ1) is 3.69. The summed E-state index contributed by atoms with van der Waals surface area (Å²) in [5.41, 5.74) is 0.927. The van der Waals surface area contributed by atoms with E-state index in [1.54, 1.807) is 0 Å². The predicted octanol–water partition coefficient (Wildman–Crippen LogP) is 1.43. The Morgan fingerprint density at radius 1 is 1.60 bits per heavy atom. The van der Waals surface area contributed by atoms with Crippen molar-refractivity contribution in [1.29, 1.82) is 0 Å². The molecule has 0 aromatic rings. The maximum Gasteiger partial charge on any atom is 0.175 e. The van der Waals surface area contributed by atoms with Crippen LogP contribution in [-0.4, -0.2) is 8.83 Å². The van der Waals surface area contributed by atoms with E-state index in [-0.39, 0.29) is 0 Å². The number of rotatable bonds is 1. The van der Waals surface area contributed by atoms with Crippen molar-refractivity contribution in [2.24, 2.45) is 0 Å². The molecule has 0 atom stereocenters. The van der Waals surface area contributed by atoms with Crippen molar-refractivity contribution in [3.8, 4) is 0 Å². The molecular weight excluding hydrogens is 99.6 g/mol. The van der Waals surface area contributed by atoms with Crippen LogP contribution in [0.1, 0.15) is 12.8 Å². The third-order valence-corrected chi connectivity index (χ3v) is 2.54. The topological polar surface area (TPSA) is 0 Å². The highest BCUT2D eigenvalue weighted by molar-refractivity contribution is 6.94. The zero-order valence-corrected chi connectivity index (χ0v) is 4.63. The van der Waals surface area contributed by atoms with Gasteiger partial charge in [0.15, 0.2) is 8.83 Å². The largest absolute Gasteiger partial charge is 0.175 e. The first-order valence-corrected chi connectivity index (χ1v) is 3.88. The summed E-state index contributed by atoms with van der Waals surface area (Å²) in [6.45, 7) is 0. The summed E-state index contributed by atoms with van der Waals surface area (Å²) in [4.78, 5) is 0. The Kier molecular flexibility index (Phi) is 0.966. The van der Waals surface area contributed by atoms with Gasteiger partial charge in [-0.3, -0.25) is 0 Å². The molecule has 28 valence electrons. The lowest BCUT2D eigenvalue weighted by molar-refractivity contribution is 1.47. The monoisotopic (exact) mass is 104 g/mol. The van der Waals surface area contributed by atoms with E-state index >= 15 is 0 Å². The third kappa shape index (κ3) is 0.934. The van der Waals surface area contributed by atoms with Gasteiger partial charge in [-0.15, -0.1) is 0 Å². The summed E-state index contributed by atoms with van der Waals surface area (Å²) >= 11 is 5.43. The summed E-state index contributed by atoms with van der Waals surface area (Å²) < 4.78 is 0. The van der Waals surface area contributed by atoms with Gasteiger partial charge in [-0.25, -0.2) is 0 Å². The van der Waals surface area contributed by atoms with Crippen LogP contribution in [0, 0.1) is 0 Å². The highest BCUT2D eigenvalue weighted by Crippen LogP contribution is 2.35. The van der Waals surface area contributed by atoms with Crippen molar-refractivity contribution in [3.63, 3.8) is 0 Å². The van der Waals surface area contributed by atoms with Gasteiger partial charge in [0.05, 0.1) is 0 Å². The second kappa shape index (κ2) is 1.31. The minimum Gasteiger partial charge on any atom is -0.171 e. The molecule has 0 aromatic carbocycles. The molecule has 2 heteroatoms. The van der Waals surface area contributed by atoms with E-state index in [9.17, 15) is 0 Å². The lowest BCUT2D eigenvalue weighted by Gasteiger charge is -1.66. The molecule has 0 spiro atoms. The van der Waals surface area contributed by atoms with Crippen molar-refractivity contribution in [3.05, 3.63) is 0 Å². The lowest BCUT2D eigenvalue weighted by Crippen LogP contribution is -1.66. The molecule has 0 heterocycles. The Morgan fingerprint density at radius 3 is 2.20 bits per heavy atom. The van der Waals surface area contributed by atoms with Crippen LogP contribution < -0.4 is 0 Å². The van der Waals surface area contributed by atoms with Gasteiger partial charge in [-0.05, 0) is 5.54 Å². The zero-order valence-electron chi connectivity index (χ0n) is 2.87. The van der Waals surface area contributed by atoms with Crippen LogP contribution in [0.2, 0.25) is 5.54 Å². The number of halogens is 1. The van der Waals surface area contributed by atoms with Gasteiger partial charge in [0.25, 0.3) is 0 Å². The molecular formula is C3H5ClSi. The second-order valence-electron chi connectivity index (χ2n) is 1.38. The molecule has 0 bridgehead atoms. The molecule has 0 saturated heterocycles. The molecule has 0 unspecified atom stereocenters. The molecule has 1 saturated carbocycles. The molecule has 0 amide bonds. The fourth-order valence-corrected chi connectivity index (χ4v) is 1.23. The minimum absolute atomic E-state index is 0.698. The standard InChI is InChI=1S/C3H5ClSi/c4-5-3-1-2-3/h3H,1-2H2. The van der Waals surface area contributed by atoms with Crippen molar-refractivity contribution in [2.45, 2.75) is 18.4 Å². The van der Waals surface area contributed by atoms with E-state index in [0.29, 0.717) is 8.83 Å². The van der Waals surface area contributed by atoms with Crippen LogP contribution in [0.15, 0.2) is 0 Å². The van der Waals surface area contributed by atoms with Crippen LogP contribution in [0.4, 0.5) is 0 Å². The number of hydrogen-bond acceptors (Lipinski definition) is 0. The van der Waals surface area contributed by atoms with Gasteiger partial charge >= 0.3 is 0 Å². The Balaban J connectivity index is 2.00. The van der Waals surface area contributed by atoms with E-state index in [2.05, 4.69) is 0 Å². The normalized spacial score (nSPS) is 23.4. The van der Waals surface area contributed by atoms with Gasteiger partial charge < -0.3 is 0 Å². The molecule has 2 radical (unpaired) electrons. The SMILES string of the molecule is Cl[Si]C1CC1. The van der Waals surface area contributed by atoms with Gasteiger partial charge in [0, 0.05) is 0 Å². The molecule has 0 aliphatic heterocycles. The van der Waals surface area contributed by atoms with E-state index in [1.807, 2.05) is 0 Å². The van der Waals surface area contributed by atoms with Crippen LogP contribution in [-0.2, 0) is 0 Å². The van der Waals surface area contributed by atoms with Crippen molar-refractivity contribution in [1.82, 2.24) is 0 Å². The van der Waals surface area contributed by atoms with Crippen LogP contribution in [0.25, 0.3) is 0 Å². The summed E-state index contributed by atoms with van der Waals surface area (Å²) in [5, 5.41) is 0. The molecule has 1 fully saturated rings. The Morgan fingerprint density at radius 2 is 2.20 bits per heavy atom. The fourth-order valence-electron chi connectivity index (χ4n) is 0.192. The molecule has 0 aromatic heterocycles. The Bertz CT molecular complexity index is 33.9. The average molecular weight is 105 g/mol. The Hall–Kier alpha value is 0.507. The van der Waals surface area contributed by atoms with E-state index in [4.69, 9.17) is 11.1 Å². The fraction of sp³-hybridized carbons (Fsp3) is 1.00. The number of hydrogen-bond donors (Lipinski definition) is 0. The highest BCUT2D eigenvalue weighted by Gasteiger charge is 2.20. The summed E-state index contributed by atoms with van der Waals surface area (Å²) in [7, 11) is 0.698. The van der Waals surface area contributed by atoms with Crippen molar-refractivity contribution >= 4 is 19.9 Å². The van der Waals surface area contributed by atoms with Gasteiger partial charge in [0.1, 0.15) is 0 Å². The van der Waals surface area contributed by atoms with Gasteiger partial charge in [-0.2, -0.15) is 11.1 Å². The summed E-state index contributed by atoms with van der Waals surface area (Å²) in [6, 6.07) is 0. The maximum absolute atomic E-state index is 5.43. The molecule has 1 aliphatic carbocycles. The first-order valence-electron chi connectivity index (χ1n) is 1.79. The molecule has 1 rings (SSSR count).